The molecule has 2 aliphatic rings. The highest BCUT2D eigenvalue weighted by atomic mass is 16.5. The van der Waals surface area contributed by atoms with Gasteiger partial charge in [-0.1, -0.05) is 30.2 Å². The second-order valence-corrected chi connectivity index (χ2v) is 5.99. The molecule has 1 saturated heterocycles. The van der Waals surface area contributed by atoms with Gasteiger partial charge in [-0.2, -0.15) is 0 Å². The lowest BCUT2D eigenvalue weighted by Crippen LogP contribution is -2.42. The molecule has 0 amide bonds. The Morgan fingerprint density at radius 2 is 2.00 bits per heavy atom. The van der Waals surface area contributed by atoms with Crippen LogP contribution in [-0.4, -0.2) is 31.1 Å². The number of hydrogen-bond acceptors (Lipinski definition) is 2. The summed E-state index contributed by atoms with van der Waals surface area (Å²) in [7, 11) is 1.75. The molecule has 1 aliphatic carbocycles. The SMILES string of the molecule is COc1cccc(CC(C2=CCC2)N2CCCCC2)c1. The average molecular weight is 271 g/mol. The van der Waals surface area contributed by atoms with Crippen LogP contribution < -0.4 is 4.74 Å². The van der Waals surface area contributed by atoms with Crippen LogP contribution in [0, 0.1) is 0 Å². The quantitative estimate of drug-likeness (QED) is 0.755. The molecule has 1 aliphatic heterocycles. The van der Waals surface area contributed by atoms with Gasteiger partial charge in [0.05, 0.1) is 7.11 Å². The molecule has 0 spiro atoms. The highest BCUT2D eigenvalue weighted by molar-refractivity contribution is 5.31. The summed E-state index contributed by atoms with van der Waals surface area (Å²) in [6, 6.07) is 9.18. The van der Waals surface area contributed by atoms with E-state index in [1.165, 1.54) is 50.8 Å². The van der Waals surface area contributed by atoms with Crippen molar-refractivity contribution in [2.24, 2.45) is 0 Å². The third-order valence-corrected chi connectivity index (χ3v) is 4.66. The summed E-state index contributed by atoms with van der Waals surface area (Å²) < 4.78 is 5.35. The summed E-state index contributed by atoms with van der Waals surface area (Å²) >= 11 is 0. The number of ether oxygens (including phenoxy) is 1. The van der Waals surface area contributed by atoms with Gasteiger partial charge in [0, 0.05) is 6.04 Å². The lowest BCUT2D eigenvalue weighted by atomic mass is 9.86. The van der Waals surface area contributed by atoms with E-state index in [1.54, 1.807) is 12.7 Å². The fourth-order valence-electron chi connectivity index (χ4n) is 3.36. The number of likely N-dealkylation sites (tertiary alicyclic amines) is 1. The van der Waals surface area contributed by atoms with E-state index in [1.807, 2.05) is 6.07 Å². The van der Waals surface area contributed by atoms with E-state index in [0.717, 1.165) is 12.2 Å². The zero-order valence-corrected chi connectivity index (χ0v) is 12.5. The Kier molecular flexibility index (Phi) is 4.41. The fraction of sp³-hybridized carbons (Fsp3) is 0.556. The number of nitrogens with zero attached hydrogens (tertiary/aromatic N) is 1. The zero-order chi connectivity index (χ0) is 13.8. The topological polar surface area (TPSA) is 12.5 Å². The first-order chi connectivity index (χ1) is 9.86. The van der Waals surface area contributed by atoms with Gasteiger partial charge in [-0.25, -0.2) is 0 Å². The van der Waals surface area contributed by atoms with Crippen molar-refractivity contribution in [3.8, 4) is 5.75 Å². The Morgan fingerprint density at radius 1 is 1.20 bits per heavy atom. The molecule has 0 aromatic heterocycles. The lowest BCUT2D eigenvalue weighted by Gasteiger charge is -2.38. The van der Waals surface area contributed by atoms with Crippen molar-refractivity contribution in [2.45, 2.75) is 44.6 Å². The van der Waals surface area contributed by atoms with Gasteiger partial charge in [0.1, 0.15) is 5.75 Å². The molecule has 0 bridgehead atoms. The summed E-state index contributed by atoms with van der Waals surface area (Å²) in [6.07, 6.45) is 10.3. The van der Waals surface area contributed by atoms with Gasteiger partial charge >= 0.3 is 0 Å². The standard InChI is InChI=1S/C18H25NO/c1-20-17-10-5-7-15(13-17)14-18(16-8-6-9-16)19-11-3-2-4-12-19/h5,7-8,10,13,18H,2-4,6,9,11-12,14H2,1H3. The Labute approximate surface area is 122 Å². The average Bonchev–Trinajstić information content (AvgIpc) is 2.46. The molecule has 1 aromatic rings. The number of benzene rings is 1. The predicted octanol–water partition coefficient (Wildman–Crippen LogP) is 3.81. The second kappa shape index (κ2) is 6.45. The van der Waals surface area contributed by atoms with Crippen LogP contribution in [0.15, 0.2) is 35.9 Å². The summed E-state index contributed by atoms with van der Waals surface area (Å²) in [6.45, 7) is 2.54. The van der Waals surface area contributed by atoms with E-state index in [0.29, 0.717) is 6.04 Å². The van der Waals surface area contributed by atoms with Crippen molar-refractivity contribution >= 4 is 0 Å². The van der Waals surface area contributed by atoms with Gasteiger partial charge in [0.15, 0.2) is 0 Å². The van der Waals surface area contributed by atoms with Crippen LogP contribution in [0.25, 0.3) is 0 Å². The first-order valence-electron chi connectivity index (χ1n) is 7.93. The van der Waals surface area contributed by atoms with Crippen LogP contribution in [0.5, 0.6) is 5.75 Å². The molecule has 20 heavy (non-hydrogen) atoms. The van der Waals surface area contributed by atoms with Gasteiger partial charge < -0.3 is 4.74 Å². The van der Waals surface area contributed by atoms with Gasteiger partial charge in [0.2, 0.25) is 0 Å². The molecule has 2 nitrogen and oxygen atoms in total. The molecule has 2 heteroatoms. The van der Waals surface area contributed by atoms with Crippen molar-refractivity contribution in [1.82, 2.24) is 4.90 Å². The predicted molar refractivity (Wildman–Crippen MR) is 83.2 cm³/mol. The van der Waals surface area contributed by atoms with Crippen LogP contribution in [-0.2, 0) is 6.42 Å². The maximum Gasteiger partial charge on any atom is 0.119 e. The normalized spacial score (nSPS) is 20.9. The minimum atomic E-state index is 0.621. The highest BCUT2D eigenvalue weighted by Gasteiger charge is 2.26. The Balaban J connectivity index is 1.75. The van der Waals surface area contributed by atoms with Crippen molar-refractivity contribution in [2.75, 3.05) is 20.2 Å². The van der Waals surface area contributed by atoms with Crippen LogP contribution in [0.2, 0.25) is 0 Å². The lowest BCUT2D eigenvalue weighted by molar-refractivity contribution is 0.177. The molecule has 1 fully saturated rings. The van der Waals surface area contributed by atoms with Crippen molar-refractivity contribution < 1.29 is 4.74 Å². The number of rotatable bonds is 5. The Morgan fingerprint density at radius 3 is 2.65 bits per heavy atom. The summed E-state index contributed by atoms with van der Waals surface area (Å²) in [5, 5.41) is 0. The molecule has 0 saturated carbocycles. The molecule has 1 aromatic carbocycles. The molecular formula is C18H25NO. The molecule has 0 radical (unpaired) electrons. The monoisotopic (exact) mass is 271 g/mol. The minimum Gasteiger partial charge on any atom is -0.497 e. The minimum absolute atomic E-state index is 0.621. The largest absolute Gasteiger partial charge is 0.497 e. The maximum atomic E-state index is 5.35. The number of allylic oxidation sites excluding steroid dienone is 1. The number of piperidine rings is 1. The van der Waals surface area contributed by atoms with E-state index in [-0.39, 0.29) is 0 Å². The smallest absolute Gasteiger partial charge is 0.119 e. The van der Waals surface area contributed by atoms with Gasteiger partial charge in [-0.15, -0.1) is 0 Å². The molecule has 0 N–H and O–H groups in total. The summed E-state index contributed by atoms with van der Waals surface area (Å²) in [4.78, 5) is 2.70. The summed E-state index contributed by atoms with van der Waals surface area (Å²) in [5.41, 5.74) is 3.06. The van der Waals surface area contributed by atoms with E-state index < -0.39 is 0 Å². The van der Waals surface area contributed by atoms with Gasteiger partial charge in [0.25, 0.3) is 0 Å². The van der Waals surface area contributed by atoms with E-state index in [9.17, 15) is 0 Å². The molecule has 108 valence electrons. The van der Waals surface area contributed by atoms with Gasteiger partial charge in [-0.3, -0.25) is 4.90 Å². The second-order valence-electron chi connectivity index (χ2n) is 5.99. The van der Waals surface area contributed by atoms with Crippen LogP contribution in [0.1, 0.15) is 37.7 Å². The van der Waals surface area contributed by atoms with Crippen molar-refractivity contribution in [3.63, 3.8) is 0 Å². The van der Waals surface area contributed by atoms with E-state index in [2.05, 4.69) is 29.2 Å². The fourth-order valence-corrected chi connectivity index (χ4v) is 3.36. The van der Waals surface area contributed by atoms with Crippen molar-refractivity contribution in [1.29, 1.82) is 0 Å². The molecule has 1 unspecified atom stereocenters. The van der Waals surface area contributed by atoms with Gasteiger partial charge in [-0.05, 0) is 62.9 Å². The Hall–Kier alpha value is -1.28. The summed E-state index contributed by atoms with van der Waals surface area (Å²) in [5.74, 6) is 0.975. The third kappa shape index (κ3) is 3.06. The maximum absolute atomic E-state index is 5.35. The zero-order valence-electron chi connectivity index (χ0n) is 12.5. The van der Waals surface area contributed by atoms with Crippen LogP contribution in [0.4, 0.5) is 0 Å². The van der Waals surface area contributed by atoms with E-state index in [4.69, 9.17) is 4.74 Å². The molecule has 3 rings (SSSR count). The number of hydrogen-bond donors (Lipinski definition) is 0. The molecular weight excluding hydrogens is 246 g/mol. The van der Waals surface area contributed by atoms with Crippen LogP contribution in [0.3, 0.4) is 0 Å². The van der Waals surface area contributed by atoms with Crippen molar-refractivity contribution in [3.05, 3.63) is 41.5 Å². The Bertz CT molecular complexity index is 474. The first kappa shape index (κ1) is 13.7. The van der Waals surface area contributed by atoms with Crippen LogP contribution >= 0.6 is 0 Å². The highest BCUT2D eigenvalue weighted by Crippen LogP contribution is 2.30. The van der Waals surface area contributed by atoms with E-state index >= 15 is 0 Å². The first-order valence-corrected chi connectivity index (χ1v) is 7.93. The number of methoxy groups -OCH3 is 1. The third-order valence-electron chi connectivity index (χ3n) is 4.66. The molecule has 1 heterocycles. The molecule has 1 atom stereocenters.